The van der Waals surface area contributed by atoms with Gasteiger partial charge in [0.05, 0.1) is 22.7 Å². The van der Waals surface area contributed by atoms with Crippen molar-refractivity contribution in [3.05, 3.63) is 96.1 Å². The van der Waals surface area contributed by atoms with Crippen molar-refractivity contribution in [2.45, 2.75) is 30.8 Å². The Morgan fingerprint density at radius 3 is 2.20 bits per heavy atom. The molecule has 1 amide bonds. The molecule has 0 unspecified atom stereocenters. The zero-order valence-electron chi connectivity index (χ0n) is 16.8. The van der Waals surface area contributed by atoms with Gasteiger partial charge in [-0.25, -0.2) is 12.8 Å². The third-order valence-corrected chi connectivity index (χ3v) is 6.61. The Balaban J connectivity index is 1.95. The Morgan fingerprint density at radius 2 is 1.60 bits per heavy atom. The molecule has 5 nitrogen and oxygen atoms in total. The van der Waals surface area contributed by atoms with Crippen LogP contribution in [0.15, 0.2) is 83.9 Å². The van der Waals surface area contributed by atoms with Gasteiger partial charge in [0.1, 0.15) is 11.6 Å². The van der Waals surface area contributed by atoms with Gasteiger partial charge in [0, 0.05) is 6.20 Å². The van der Waals surface area contributed by atoms with Gasteiger partial charge in [-0.3, -0.25) is 9.78 Å². The van der Waals surface area contributed by atoms with E-state index in [-0.39, 0.29) is 11.4 Å². The molecule has 156 valence electrons. The fraction of sp³-hybridized carbons (Fsp3) is 0.217. The van der Waals surface area contributed by atoms with Crippen molar-refractivity contribution in [1.29, 1.82) is 0 Å². The lowest BCUT2D eigenvalue weighted by molar-refractivity contribution is -0.135. The summed E-state index contributed by atoms with van der Waals surface area (Å²) in [7, 11) is -3.93. The third kappa shape index (κ3) is 4.91. The maximum Gasteiger partial charge on any atom is 0.239 e. The van der Waals surface area contributed by atoms with Crippen molar-refractivity contribution in [1.82, 2.24) is 9.88 Å². The minimum Gasteiger partial charge on any atom is -0.327 e. The molecule has 0 saturated carbocycles. The number of hydrogen-bond acceptors (Lipinski definition) is 4. The highest BCUT2D eigenvalue weighted by atomic mass is 32.2. The van der Waals surface area contributed by atoms with Crippen LogP contribution in [0.1, 0.15) is 25.1 Å². The standard InChI is InChI=1S/C23H23FN2O3S/c1-23(2,18-8-4-3-5-9-18)26(16-20-10-6-7-15-25-20)22(27)17-30(28,29)21-13-11-19(24)12-14-21/h3-15H,16-17H2,1-2H3. The van der Waals surface area contributed by atoms with Crippen LogP contribution in [-0.2, 0) is 26.7 Å². The molecule has 0 aliphatic heterocycles. The Labute approximate surface area is 176 Å². The second-order valence-corrected chi connectivity index (χ2v) is 9.43. The molecule has 0 fully saturated rings. The summed E-state index contributed by atoms with van der Waals surface area (Å²) in [6.07, 6.45) is 1.63. The van der Waals surface area contributed by atoms with Gasteiger partial charge in [-0.1, -0.05) is 36.4 Å². The van der Waals surface area contributed by atoms with Crippen molar-refractivity contribution in [2.75, 3.05) is 5.75 Å². The molecule has 0 aliphatic carbocycles. The van der Waals surface area contributed by atoms with Crippen molar-refractivity contribution in [3.63, 3.8) is 0 Å². The quantitative estimate of drug-likeness (QED) is 0.537. The van der Waals surface area contributed by atoms with E-state index in [2.05, 4.69) is 4.98 Å². The van der Waals surface area contributed by atoms with E-state index >= 15 is 0 Å². The second kappa shape index (κ2) is 8.75. The minimum atomic E-state index is -3.93. The molecule has 0 spiro atoms. The molecule has 0 saturated heterocycles. The number of carbonyl (C=O) groups is 1. The van der Waals surface area contributed by atoms with Crippen LogP contribution in [0.3, 0.4) is 0 Å². The lowest BCUT2D eigenvalue weighted by atomic mass is 9.92. The molecule has 3 aromatic rings. The van der Waals surface area contributed by atoms with Crippen molar-refractivity contribution in [2.24, 2.45) is 0 Å². The Hall–Kier alpha value is -3.06. The van der Waals surface area contributed by atoms with Gasteiger partial charge in [-0.05, 0) is 55.8 Å². The number of benzene rings is 2. The highest BCUT2D eigenvalue weighted by Gasteiger charge is 2.35. The Morgan fingerprint density at radius 1 is 0.967 bits per heavy atom. The number of pyridine rings is 1. The fourth-order valence-corrected chi connectivity index (χ4v) is 4.42. The van der Waals surface area contributed by atoms with Gasteiger partial charge in [0.25, 0.3) is 0 Å². The van der Waals surface area contributed by atoms with Crippen LogP contribution in [0.2, 0.25) is 0 Å². The number of rotatable bonds is 7. The van der Waals surface area contributed by atoms with Gasteiger partial charge in [0.15, 0.2) is 9.84 Å². The molecule has 0 N–H and O–H groups in total. The van der Waals surface area contributed by atoms with Gasteiger partial charge in [0.2, 0.25) is 5.91 Å². The summed E-state index contributed by atoms with van der Waals surface area (Å²) in [6.45, 7) is 3.89. The topological polar surface area (TPSA) is 67.3 Å². The van der Waals surface area contributed by atoms with E-state index in [1.807, 2.05) is 50.2 Å². The van der Waals surface area contributed by atoms with E-state index in [0.29, 0.717) is 5.69 Å². The highest BCUT2D eigenvalue weighted by Crippen LogP contribution is 2.30. The number of sulfone groups is 1. The zero-order valence-corrected chi connectivity index (χ0v) is 17.6. The van der Waals surface area contributed by atoms with Crippen LogP contribution < -0.4 is 0 Å². The first-order chi connectivity index (χ1) is 14.2. The Kier molecular flexibility index (Phi) is 6.31. The summed E-state index contributed by atoms with van der Waals surface area (Å²) in [5.41, 5.74) is 0.733. The van der Waals surface area contributed by atoms with Crippen LogP contribution in [0.5, 0.6) is 0 Å². The first kappa shape index (κ1) is 21.6. The van der Waals surface area contributed by atoms with Crippen LogP contribution >= 0.6 is 0 Å². The average Bonchev–Trinajstić information content (AvgIpc) is 2.73. The molecule has 2 aromatic carbocycles. The smallest absolute Gasteiger partial charge is 0.239 e. The molecule has 7 heteroatoms. The maximum absolute atomic E-state index is 13.3. The maximum atomic E-state index is 13.3. The zero-order chi connectivity index (χ0) is 21.8. The van der Waals surface area contributed by atoms with Crippen molar-refractivity contribution >= 4 is 15.7 Å². The lowest BCUT2D eigenvalue weighted by Gasteiger charge is -2.39. The van der Waals surface area contributed by atoms with Crippen LogP contribution in [-0.4, -0.2) is 30.0 Å². The van der Waals surface area contributed by atoms with E-state index in [1.54, 1.807) is 18.3 Å². The summed E-state index contributed by atoms with van der Waals surface area (Å²) in [4.78, 5) is 19.0. The summed E-state index contributed by atoms with van der Waals surface area (Å²) in [5, 5.41) is 0. The first-order valence-electron chi connectivity index (χ1n) is 9.44. The minimum absolute atomic E-state index is 0.0902. The Bertz CT molecular complexity index is 1100. The SMILES string of the molecule is CC(C)(c1ccccc1)N(Cc1ccccn1)C(=O)CS(=O)(=O)c1ccc(F)cc1. The van der Waals surface area contributed by atoms with E-state index in [1.165, 1.54) is 17.0 Å². The lowest BCUT2D eigenvalue weighted by Crippen LogP contribution is -2.47. The molecule has 0 bridgehead atoms. The summed E-state index contributed by atoms with van der Waals surface area (Å²) >= 11 is 0. The normalized spacial score (nSPS) is 11.8. The van der Waals surface area contributed by atoms with E-state index in [9.17, 15) is 17.6 Å². The van der Waals surface area contributed by atoms with E-state index in [0.717, 1.165) is 17.7 Å². The molecule has 30 heavy (non-hydrogen) atoms. The molecule has 3 rings (SSSR count). The van der Waals surface area contributed by atoms with E-state index < -0.39 is 32.9 Å². The molecule has 0 radical (unpaired) electrons. The predicted molar refractivity (Wildman–Crippen MR) is 113 cm³/mol. The monoisotopic (exact) mass is 426 g/mol. The molecule has 0 aliphatic rings. The first-order valence-corrected chi connectivity index (χ1v) is 11.1. The number of aromatic nitrogens is 1. The van der Waals surface area contributed by atoms with Crippen LogP contribution in [0, 0.1) is 5.82 Å². The number of nitrogens with zero attached hydrogens (tertiary/aromatic N) is 2. The van der Waals surface area contributed by atoms with Gasteiger partial charge < -0.3 is 4.90 Å². The van der Waals surface area contributed by atoms with Gasteiger partial charge in [-0.2, -0.15) is 0 Å². The highest BCUT2D eigenvalue weighted by molar-refractivity contribution is 7.92. The largest absolute Gasteiger partial charge is 0.327 e. The predicted octanol–water partition coefficient (Wildman–Crippen LogP) is 3.96. The molecular weight excluding hydrogens is 403 g/mol. The number of amides is 1. The van der Waals surface area contributed by atoms with Crippen molar-refractivity contribution in [3.8, 4) is 0 Å². The van der Waals surface area contributed by atoms with E-state index in [4.69, 9.17) is 0 Å². The van der Waals surface area contributed by atoms with Crippen LogP contribution in [0.4, 0.5) is 4.39 Å². The molecule has 1 heterocycles. The summed E-state index contributed by atoms with van der Waals surface area (Å²) in [5.74, 6) is -1.82. The van der Waals surface area contributed by atoms with Crippen molar-refractivity contribution < 1.29 is 17.6 Å². The fourth-order valence-electron chi connectivity index (χ4n) is 3.22. The van der Waals surface area contributed by atoms with Gasteiger partial charge >= 0.3 is 0 Å². The number of halogens is 1. The third-order valence-electron chi connectivity index (χ3n) is 4.99. The van der Waals surface area contributed by atoms with Gasteiger partial charge in [-0.15, -0.1) is 0 Å². The second-order valence-electron chi connectivity index (χ2n) is 7.44. The van der Waals surface area contributed by atoms with Crippen LogP contribution in [0.25, 0.3) is 0 Å². The summed E-state index contributed by atoms with van der Waals surface area (Å²) in [6, 6.07) is 19.3. The average molecular weight is 427 g/mol. The summed E-state index contributed by atoms with van der Waals surface area (Å²) < 4.78 is 38.8. The molecule has 1 aromatic heterocycles. The molecule has 0 atom stereocenters. The molecular formula is C23H23FN2O3S. The number of hydrogen-bond donors (Lipinski definition) is 0. The number of carbonyl (C=O) groups excluding carboxylic acids is 1.